The topological polar surface area (TPSA) is 90.7 Å². The average molecular weight is 311 g/mol. The first-order valence-corrected chi connectivity index (χ1v) is 7.65. The van der Waals surface area contributed by atoms with Gasteiger partial charge in [-0.15, -0.1) is 0 Å². The molecule has 24 heavy (non-hydrogen) atoms. The summed E-state index contributed by atoms with van der Waals surface area (Å²) in [5.41, 5.74) is 12.4. The molecule has 4 aromatic carbocycles. The van der Waals surface area contributed by atoms with Crippen molar-refractivity contribution in [3.63, 3.8) is 0 Å². The van der Waals surface area contributed by atoms with Crippen LogP contribution in [0.1, 0.15) is 0 Å². The van der Waals surface area contributed by atoms with E-state index >= 15 is 0 Å². The van der Waals surface area contributed by atoms with Gasteiger partial charge >= 0.3 is 0 Å². The summed E-state index contributed by atoms with van der Waals surface area (Å²) in [5.74, 6) is 0.754. The molecule has 5 aromatic rings. The third-order valence-electron chi connectivity index (χ3n) is 4.44. The summed E-state index contributed by atoms with van der Waals surface area (Å²) in [5, 5.41) is 7.18. The second-order valence-electron chi connectivity index (χ2n) is 5.84. The maximum absolute atomic E-state index is 5.74. The Hall–Kier alpha value is -3.47. The largest absolute Gasteiger partial charge is 0.368 e. The number of nitrogen functional groups attached to an aromatic ring is 2. The van der Waals surface area contributed by atoms with Gasteiger partial charge in [-0.2, -0.15) is 15.0 Å². The third-order valence-corrected chi connectivity index (χ3v) is 4.44. The highest BCUT2D eigenvalue weighted by atomic mass is 15.1. The Labute approximate surface area is 137 Å². The lowest BCUT2D eigenvalue weighted by atomic mass is 9.92. The summed E-state index contributed by atoms with van der Waals surface area (Å²) in [6.45, 7) is 0. The van der Waals surface area contributed by atoms with Crippen LogP contribution in [0.4, 0.5) is 11.9 Å². The van der Waals surface area contributed by atoms with Gasteiger partial charge in [-0.1, -0.05) is 48.5 Å². The maximum Gasteiger partial charge on any atom is 0.225 e. The SMILES string of the molecule is Nc1nc(N)nc(-c2ccc3ccc4cccc5ccc2c3c45)n1. The lowest BCUT2D eigenvalue weighted by Crippen LogP contribution is -2.04. The predicted molar refractivity (Wildman–Crippen MR) is 97.8 cm³/mol. The smallest absolute Gasteiger partial charge is 0.225 e. The first-order valence-electron chi connectivity index (χ1n) is 7.65. The minimum atomic E-state index is 0.128. The molecule has 0 aliphatic carbocycles. The van der Waals surface area contributed by atoms with Gasteiger partial charge < -0.3 is 11.5 Å². The minimum absolute atomic E-state index is 0.128. The van der Waals surface area contributed by atoms with Gasteiger partial charge in [-0.25, -0.2) is 0 Å². The van der Waals surface area contributed by atoms with Crippen LogP contribution in [0.2, 0.25) is 0 Å². The molecule has 4 N–H and O–H groups in total. The summed E-state index contributed by atoms with van der Waals surface area (Å²) in [6.07, 6.45) is 0. The van der Waals surface area contributed by atoms with Crippen molar-refractivity contribution in [3.8, 4) is 11.4 Å². The van der Waals surface area contributed by atoms with Crippen LogP contribution >= 0.6 is 0 Å². The number of hydrogen-bond donors (Lipinski definition) is 2. The first kappa shape index (κ1) is 13.0. The molecular weight excluding hydrogens is 298 g/mol. The van der Waals surface area contributed by atoms with Gasteiger partial charge in [-0.3, -0.25) is 0 Å². The van der Waals surface area contributed by atoms with Crippen molar-refractivity contribution < 1.29 is 0 Å². The van der Waals surface area contributed by atoms with E-state index in [0.29, 0.717) is 5.82 Å². The number of rotatable bonds is 1. The normalized spacial score (nSPS) is 11.7. The Morgan fingerprint density at radius 1 is 0.583 bits per heavy atom. The summed E-state index contributed by atoms with van der Waals surface area (Å²) >= 11 is 0. The first-order chi connectivity index (χ1) is 11.7. The predicted octanol–water partition coefficient (Wildman–Crippen LogP) is 3.60. The number of hydrogen-bond acceptors (Lipinski definition) is 5. The molecule has 1 aromatic heterocycles. The number of benzene rings is 4. The molecule has 0 bridgehead atoms. The Morgan fingerprint density at radius 2 is 1.17 bits per heavy atom. The summed E-state index contributed by atoms with van der Waals surface area (Å²) in [7, 11) is 0. The fourth-order valence-corrected chi connectivity index (χ4v) is 3.46. The number of nitrogens with zero attached hydrogens (tertiary/aromatic N) is 3. The van der Waals surface area contributed by atoms with Crippen molar-refractivity contribution >= 4 is 44.2 Å². The van der Waals surface area contributed by atoms with Crippen LogP contribution in [0.15, 0.2) is 54.6 Å². The van der Waals surface area contributed by atoms with Gasteiger partial charge in [0.05, 0.1) is 0 Å². The monoisotopic (exact) mass is 311 g/mol. The molecular formula is C19H13N5. The van der Waals surface area contributed by atoms with E-state index in [4.69, 9.17) is 11.5 Å². The van der Waals surface area contributed by atoms with Crippen LogP contribution in [-0.4, -0.2) is 15.0 Å². The van der Waals surface area contributed by atoms with Gasteiger partial charge in [-0.05, 0) is 38.4 Å². The second-order valence-corrected chi connectivity index (χ2v) is 5.84. The highest BCUT2D eigenvalue weighted by Gasteiger charge is 2.14. The molecule has 0 spiro atoms. The molecule has 5 nitrogen and oxygen atoms in total. The lowest BCUT2D eigenvalue weighted by Gasteiger charge is -2.13. The van der Waals surface area contributed by atoms with Crippen molar-refractivity contribution in [1.29, 1.82) is 0 Å². The Bertz CT molecular complexity index is 1190. The van der Waals surface area contributed by atoms with E-state index in [0.717, 1.165) is 10.9 Å². The molecule has 5 rings (SSSR count). The standard InChI is InChI=1S/C19H13N5/c20-18-22-17(23-19(21)24-18)14-9-7-12-5-4-10-2-1-3-11-6-8-13(14)16(12)15(10)11/h1-9H,(H4,20,21,22,23,24). The zero-order valence-corrected chi connectivity index (χ0v) is 12.7. The zero-order valence-electron chi connectivity index (χ0n) is 12.7. The Morgan fingerprint density at radius 3 is 1.88 bits per heavy atom. The van der Waals surface area contributed by atoms with Crippen LogP contribution in [0.3, 0.4) is 0 Å². The molecule has 0 radical (unpaired) electrons. The van der Waals surface area contributed by atoms with Gasteiger partial charge in [0.2, 0.25) is 11.9 Å². The molecule has 114 valence electrons. The molecule has 0 saturated heterocycles. The number of nitrogens with two attached hydrogens (primary N) is 2. The van der Waals surface area contributed by atoms with Crippen LogP contribution in [0.5, 0.6) is 0 Å². The minimum Gasteiger partial charge on any atom is -0.368 e. The van der Waals surface area contributed by atoms with Gasteiger partial charge in [0.15, 0.2) is 5.82 Å². The summed E-state index contributed by atoms with van der Waals surface area (Å²) in [6, 6.07) is 19.0. The van der Waals surface area contributed by atoms with Gasteiger partial charge in [0.1, 0.15) is 0 Å². The molecule has 0 amide bonds. The van der Waals surface area contributed by atoms with E-state index in [1.54, 1.807) is 0 Å². The molecule has 1 heterocycles. The summed E-state index contributed by atoms with van der Waals surface area (Å²) in [4.78, 5) is 12.4. The second kappa shape index (κ2) is 4.52. The molecule has 0 fully saturated rings. The third kappa shape index (κ3) is 1.72. The van der Waals surface area contributed by atoms with E-state index in [9.17, 15) is 0 Å². The highest BCUT2D eigenvalue weighted by molar-refractivity contribution is 6.25. The van der Waals surface area contributed by atoms with E-state index in [1.807, 2.05) is 6.07 Å². The van der Waals surface area contributed by atoms with Crippen molar-refractivity contribution in [3.05, 3.63) is 54.6 Å². The molecule has 0 unspecified atom stereocenters. The zero-order chi connectivity index (χ0) is 16.3. The van der Waals surface area contributed by atoms with E-state index in [-0.39, 0.29) is 11.9 Å². The maximum atomic E-state index is 5.74. The molecule has 5 heteroatoms. The van der Waals surface area contributed by atoms with Crippen molar-refractivity contribution in [2.24, 2.45) is 0 Å². The molecule has 0 aliphatic heterocycles. The van der Waals surface area contributed by atoms with Crippen LogP contribution < -0.4 is 11.5 Å². The van der Waals surface area contributed by atoms with Crippen LogP contribution in [0, 0.1) is 0 Å². The summed E-state index contributed by atoms with van der Waals surface area (Å²) < 4.78 is 0. The van der Waals surface area contributed by atoms with E-state index < -0.39 is 0 Å². The lowest BCUT2D eigenvalue weighted by molar-refractivity contribution is 1.09. The fourth-order valence-electron chi connectivity index (χ4n) is 3.46. The quantitative estimate of drug-likeness (QED) is 0.462. The van der Waals surface area contributed by atoms with Gasteiger partial charge in [0.25, 0.3) is 0 Å². The van der Waals surface area contributed by atoms with Crippen molar-refractivity contribution in [1.82, 2.24) is 15.0 Å². The fraction of sp³-hybridized carbons (Fsp3) is 0. The Kier molecular flexibility index (Phi) is 2.45. The van der Waals surface area contributed by atoms with E-state index in [2.05, 4.69) is 63.5 Å². The van der Waals surface area contributed by atoms with Gasteiger partial charge in [0, 0.05) is 5.56 Å². The Balaban J connectivity index is 1.97. The molecule has 0 aliphatic rings. The van der Waals surface area contributed by atoms with Crippen molar-refractivity contribution in [2.75, 3.05) is 11.5 Å². The number of anilines is 2. The average Bonchev–Trinajstić information content (AvgIpc) is 2.58. The van der Waals surface area contributed by atoms with Crippen LogP contribution in [-0.2, 0) is 0 Å². The number of aromatic nitrogens is 3. The molecule has 0 atom stereocenters. The van der Waals surface area contributed by atoms with E-state index in [1.165, 1.54) is 26.9 Å². The molecule has 0 saturated carbocycles. The van der Waals surface area contributed by atoms with Crippen molar-refractivity contribution in [2.45, 2.75) is 0 Å². The van der Waals surface area contributed by atoms with Crippen LogP contribution in [0.25, 0.3) is 43.7 Å². The highest BCUT2D eigenvalue weighted by Crippen LogP contribution is 2.38.